The Morgan fingerprint density at radius 2 is 2.23 bits per heavy atom. The van der Waals surface area contributed by atoms with E-state index in [-0.39, 0.29) is 6.04 Å². The molecule has 0 fully saturated rings. The second-order valence-electron chi connectivity index (χ2n) is 3.10. The number of rotatable bonds is 0. The fraction of sp³-hybridized carbons (Fsp3) is 0.300. The smallest absolute Gasteiger partial charge is 0.204 e. The zero-order valence-electron chi connectivity index (χ0n) is 7.32. The molecule has 2 unspecified atom stereocenters. The summed E-state index contributed by atoms with van der Waals surface area (Å²) in [5, 5.41) is 12.0. The molecule has 1 N–H and O–H groups in total. The number of ether oxygens (including phenoxy) is 1. The van der Waals surface area contributed by atoms with Crippen LogP contribution >= 0.6 is 0 Å². The van der Waals surface area contributed by atoms with E-state index in [2.05, 4.69) is 11.4 Å². The van der Waals surface area contributed by atoms with Crippen molar-refractivity contribution in [2.24, 2.45) is 0 Å². The van der Waals surface area contributed by atoms with Crippen LogP contribution in [-0.4, -0.2) is 12.1 Å². The molecule has 0 saturated heterocycles. The summed E-state index contributed by atoms with van der Waals surface area (Å²) < 4.78 is 5.47. The van der Waals surface area contributed by atoms with Gasteiger partial charge >= 0.3 is 0 Å². The van der Waals surface area contributed by atoms with Crippen molar-refractivity contribution in [3.8, 4) is 11.8 Å². The average Bonchev–Trinajstić information content (AvgIpc) is 2.17. The van der Waals surface area contributed by atoms with Crippen LogP contribution in [0.5, 0.6) is 5.75 Å². The molecule has 1 aromatic carbocycles. The van der Waals surface area contributed by atoms with Gasteiger partial charge in [0.15, 0.2) is 0 Å². The second kappa shape index (κ2) is 2.98. The van der Waals surface area contributed by atoms with Gasteiger partial charge in [0.25, 0.3) is 0 Å². The Morgan fingerprint density at radius 1 is 1.46 bits per heavy atom. The molecule has 2 atom stereocenters. The molecule has 0 saturated carbocycles. The number of anilines is 1. The summed E-state index contributed by atoms with van der Waals surface area (Å²) >= 11 is 0. The number of hydrogen-bond donors (Lipinski definition) is 1. The SMILES string of the molecule is CC1Nc2ccccc2OC1C#N. The van der Waals surface area contributed by atoms with E-state index in [0.717, 1.165) is 11.4 Å². The van der Waals surface area contributed by atoms with Gasteiger partial charge in [-0.05, 0) is 19.1 Å². The van der Waals surface area contributed by atoms with Gasteiger partial charge in [-0.2, -0.15) is 5.26 Å². The van der Waals surface area contributed by atoms with Crippen LogP contribution in [0.4, 0.5) is 5.69 Å². The molecular formula is C10H10N2O. The van der Waals surface area contributed by atoms with Crippen LogP contribution in [0.3, 0.4) is 0 Å². The monoisotopic (exact) mass is 174 g/mol. The van der Waals surface area contributed by atoms with Crippen LogP contribution in [0.15, 0.2) is 24.3 Å². The van der Waals surface area contributed by atoms with Gasteiger partial charge in [0.1, 0.15) is 11.8 Å². The first kappa shape index (κ1) is 7.93. The molecular weight excluding hydrogens is 164 g/mol. The Labute approximate surface area is 76.9 Å². The minimum atomic E-state index is -0.394. The first-order valence-corrected chi connectivity index (χ1v) is 4.23. The van der Waals surface area contributed by atoms with Gasteiger partial charge in [-0.25, -0.2) is 0 Å². The minimum absolute atomic E-state index is 0.0416. The molecule has 3 heteroatoms. The third-order valence-corrected chi connectivity index (χ3v) is 2.11. The number of fused-ring (bicyclic) bond motifs is 1. The third kappa shape index (κ3) is 1.31. The summed E-state index contributed by atoms with van der Waals surface area (Å²) in [6.45, 7) is 1.93. The first-order chi connectivity index (χ1) is 6.31. The van der Waals surface area contributed by atoms with E-state index in [1.54, 1.807) is 0 Å². The summed E-state index contributed by atoms with van der Waals surface area (Å²) in [6.07, 6.45) is -0.394. The minimum Gasteiger partial charge on any atom is -0.471 e. The van der Waals surface area contributed by atoms with E-state index in [0.29, 0.717) is 0 Å². The molecule has 0 amide bonds. The number of nitrogens with one attached hydrogen (secondary N) is 1. The highest BCUT2D eigenvalue weighted by molar-refractivity contribution is 5.58. The van der Waals surface area contributed by atoms with Crippen molar-refractivity contribution >= 4 is 5.69 Å². The molecule has 1 aromatic rings. The van der Waals surface area contributed by atoms with Crippen molar-refractivity contribution in [2.75, 3.05) is 5.32 Å². The maximum absolute atomic E-state index is 8.77. The maximum Gasteiger partial charge on any atom is 0.204 e. The summed E-state index contributed by atoms with van der Waals surface area (Å²) in [7, 11) is 0. The molecule has 13 heavy (non-hydrogen) atoms. The number of hydrogen-bond acceptors (Lipinski definition) is 3. The topological polar surface area (TPSA) is 45.0 Å². The summed E-state index contributed by atoms with van der Waals surface area (Å²) in [4.78, 5) is 0. The maximum atomic E-state index is 8.77. The molecule has 3 nitrogen and oxygen atoms in total. The lowest BCUT2D eigenvalue weighted by Crippen LogP contribution is -2.38. The lowest BCUT2D eigenvalue weighted by molar-refractivity contribution is 0.227. The third-order valence-electron chi connectivity index (χ3n) is 2.11. The largest absolute Gasteiger partial charge is 0.471 e. The van der Waals surface area contributed by atoms with E-state index >= 15 is 0 Å². The van der Waals surface area contributed by atoms with Gasteiger partial charge in [0, 0.05) is 0 Å². The van der Waals surface area contributed by atoms with Crippen molar-refractivity contribution in [1.82, 2.24) is 0 Å². The lowest BCUT2D eigenvalue weighted by atomic mass is 10.1. The van der Waals surface area contributed by atoms with Gasteiger partial charge in [-0.15, -0.1) is 0 Å². The number of para-hydroxylation sites is 2. The van der Waals surface area contributed by atoms with Gasteiger partial charge in [0.2, 0.25) is 6.10 Å². The Kier molecular flexibility index (Phi) is 1.82. The van der Waals surface area contributed by atoms with Crippen LogP contribution in [0.2, 0.25) is 0 Å². The van der Waals surface area contributed by atoms with E-state index in [9.17, 15) is 0 Å². The van der Waals surface area contributed by atoms with Crippen LogP contribution in [0.25, 0.3) is 0 Å². The van der Waals surface area contributed by atoms with Crippen molar-refractivity contribution in [2.45, 2.75) is 19.1 Å². The first-order valence-electron chi connectivity index (χ1n) is 4.23. The molecule has 2 rings (SSSR count). The summed E-state index contributed by atoms with van der Waals surface area (Å²) in [5.41, 5.74) is 0.960. The zero-order chi connectivity index (χ0) is 9.26. The standard InChI is InChI=1S/C10H10N2O/c1-7-10(6-11)13-9-5-3-2-4-8(9)12-7/h2-5,7,10,12H,1H3. The Balaban J connectivity index is 2.34. The molecule has 0 aliphatic carbocycles. The fourth-order valence-electron chi connectivity index (χ4n) is 1.39. The molecule has 0 aromatic heterocycles. The van der Waals surface area contributed by atoms with Gasteiger partial charge in [-0.3, -0.25) is 0 Å². The number of nitrogens with zero attached hydrogens (tertiary/aromatic N) is 1. The van der Waals surface area contributed by atoms with E-state index < -0.39 is 6.10 Å². The molecule has 0 spiro atoms. The normalized spacial score (nSPS) is 24.9. The van der Waals surface area contributed by atoms with Gasteiger partial charge < -0.3 is 10.1 Å². The molecule has 0 radical (unpaired) electrons. The highest BCUT2D eigenvalue weighted by Crippen LogP contribution is 2.30. The average molecular weight is 174 g/mol. The predicted octanol–water partition coefficient (Wildman–Crippen LogP) is 1.77. The van der Waals surface area contributed by atoms with Crippen molar-refractivity contribution in [1.29, 1.82) is 5.26 Å². The zero-order valence-corrected chi connectivity index (χ0v) is 7.32. The Bertz CT molecular complexity index is 356. The Hall–Kier alpha value is -1.69. The van der Waals surface area contributed by atoms with Crippen molar-refractivity contribution in [3.05, 3.63) is 24.3 Å². The lowest BCUT2D eigenvalue weighted by Gasteiger charge is -2.28. The molecule has 1 heterocycles. The van der Waals surface area contributed by atoms with Crippen LogP contribution in [-0.2, 0) is 0 Å². The molecule has 1 aliphatic rings. The van der Waals surface area contributed by atoms with Crippen LogP contribution in [0, 0.1) is 11.3 Å². The molecule has 1 aliphatic heterocycles. The van der Waals surface area contributed by atoms with Crippen LogP contribution in [0.1, 0.15) is 6.92 Å². The highest BCUT2D eigenvalue weighted by atomic mass is 16.5. The van der Waals surface area contributed by atoms with Gasteiger partial charge in [-0.1, -0.05) is 12.1 Å². The summed E-state index contributed by atoms with van der Waals surface area (Å²) in [6, 6.07) is 9.79. The fourth-order valence-corrected chi connectivity index (χ4v) is 1.39. The van der Waals surface area contributed by atoms with E-state index in [1.165, 1.54) is 0 Å². The molecule has 66 valence electrons. The van der Waals surface area contributed by atoms with Gasteiger partial charge in [0.05, 0.1) is 11.7 Å². The van der Waals surface area contributed by atoms with Crippen molar-refractivity contribution < 1.29 is 4.74 Å². The van der Waals surface area contributed by atoms with Crippen LogP contribution < -0.4 is 10.1 Å². The number of benzene rings is 1. The van der Waals surface area contributed by atoms with E-state index in [4.69, 9.17) is 10.00 Å². The summed E-state index contributed by atoms with van der Waals surface area (Å²) in [5.74, 6) is 0.757. The highest BCUT2D eigenvalue weighted by Gasteiger charge is 2.24. The second-order valence-corrected chi connectivity index (χ2v) is 3.10. The van der Waals surface area contributed by atoms with E-state index in [1.807, 2.05) is 31.2 Å². The number of nitriles is 1. The Morgan fingerprint density at radius 3 is 3.00 bits per heavy atom. The molecule has 0 bridgehead atoms. The quantitative estimate of drug-likeness (QED) is 0.652. The predicted molar refractivity (Wildman–Crippen MR) is 49.6 cm³/mol. The van der Waals surface area contributed by atoms with Crippen molar-refractivity contribution in [3.63, 3.8) is 0 Å².